The van der Waals surface area contributed by atoms with Crippen molar-refractivity contribution >= 4 is 28.9 Å². The predicted octanol–water partition coefficient (Wildman–Crippen LogP) is 3.17. The molecule has 0 fully saturated rings. The lowest BCUT2D eigenvalue weighted by Gasteiger charge is -2.24. The summed E-state index contributed by atoms with van der Waals surface area (Å²) in [6, 6.07) is 0. The van der Waals surface area contributed by atoms with E-state index in [0.29, 0.717) is 11.7 Å². The van der Waals surface area contributed by atoms with Gasteiger partial charge < -0.3 is 5.73 Å². The molecule has 1 heterocycles. The Labute approximate surface area is 115 Å². The summed E-state index contributed by atoms with van der Waals surface area (Å²) in [6.07, 6.45) is -2.64. The second-order valence-electron chi connectivity index (χ2n) is 4.34. The zero-order valence-electron chi connectivity index (χ0n) is 10.2. The van der Waals surface area contributed by atoms with Gasteiger partial charge in [-0.1, -0.05) is 13.8 Å². The maximum absolute atomic E-state index is 12.4. The molecule has 0 aliphatic carbocycles. The molecular weight excluding hydrogens is 287 g/mol. The topological polar surface area (TPSA) is 42.2 Å². The Hall–Kier alpha value is -0.530. The molecule has 8 heteroatoms. The molecule has 18 heavy (non-hydrogen) atoms. The first-order valence-corrected chi connectivity index (χ1v) is 6.07. The first-order chi connectivity index (χ1) is 7.76. The summed E-state index contributed by atoms with van der Waals surface area (Å²) >= 11 is 1.23. The van der Waals surface area contributed by atoms with E-state index in [1.54, 1.807) is 0 Å². The van der Waals surface area contributed by atoms with Crippen LogP contribution in [0.4, 0.5) is 18.3 Å². The Morgan fingerprint density at radius 2 is 2.06 bits per heavy atom. The summed E-state index contributed by atoms with van der Waals surface area (Å²) in [5.74, 6) is 0.183. The highest BCUT2D eigenvalue weighted by molar-refractivity contribution is 7.15. The maximum atomic E-state index is 12.4. The summed E-state index contributed by atoms with van der Waals surface area (Å²) in [5.41, 5.74) is 5.45. The van der Waals surface area contributed by atoms with Gasteiger partial charge in [-0.15, -0.1) is 23.7 Å². The largest absolute Gasteiger partial charge is 0.401 e. The lowest BCUT2D eigenvalue weighted by atomic mass is 10.2. The minimum absolute atomic E-state index is 0. The van der Waals surface area contributed by atoms with E-state index < -0.39 is 12.7 Å². The van der Waals surface area contributed by atoms with Crippen LogP contribution >= 0.6 is 23.7 Å². The van der Waals surface area contributed by atoms with Crippen LogP contribution in [0.5, 0.6) is 0 Å². The minimum Gasteiger partial charge on any atom is -0.375 e. The van der Waals surface area contributed by atoms with Crippen LogP contribution in [0.25, 0.3) is 0 Å². The number of rotatable bonds is 5. The van der Waals surface area contributed by atoms with Crippen molar-refractivity contribution in [3.63, 3.8) is 0 Å². The SMILES string of the molecule is CC(C)CN(Cc1cnc(N)s1)CC(F)(F)F.Cl. The number of nitrogens with zero attached hydrogens (tertiary/aromatic N) is 2. The van der Waals surface area contributed by atoms with Gasteiger partial charge in [-0.2, -0.15) is 13.2 Å². The third kappa shape index (κ3) is 7.03. The van der Waals surface area contributed by atoms with E-state index in [0.717, 1.165) is 4.88 Å². The fraction of sp³-hybridized carbons (Fsp3) is 0.700. The van der Waals surface area contributed by atoms with Gasteiger partial charge in [-0.3, -0.25) is 4.90 Å². The molecule has 0 spiro atoms. The molecule has 0 aliphatic rings. The molecule has 1 rings (SSSR count). The van der Waals surface area contributed by atoms with Gasteiger partial charge in [0.05, 0.1) is 6.54 Å². The Morgan fingerprint density at radius 1 is 1.44 bits per heavy atom. The van der Waals surface area contributed by atoms with Gasteiger partial charge in [0, 0.05) is 24.2 Å². The fourth-order valence-corrected chi connectivity index (χ4v) is 2.30. The van der Waals surface area contributed by atoms with E-state index in [1.165, 1.54) is 22.4 Å². The molecule has 3 nitrogen and oxygen atoms in total. The zero-order valence-corrected chi connectivity index (χ0v) is 11.8. The molecule has 0 aliphatic heterocycles. The average Bonchev–Trinajstić information content (AvgIpc) is 2.46. The van der Waals surface area contributed by atoms with Crippen molar-refractivity contribution in [1.29, 1.82) is 0 Å². The highest BCUT2D eigenvalue weighted by atomic mass is 35.5. The smallest absolute Gasteiger partial charge is 0.375 e. The van der Waals surface area contributed by atoms with E-state index in [-0.39, 0.29) is 24.9 Å². The Bertz CT molecular complexity index is 354. The second-order valence-corrected chi connectivity index (χ2v) is 5.49. The van der Waals surface area contributed by atoms with Crippen LogP contribution in [0.1, 0.15) is 18.7 Å². The second kappa shape index (κ2) is 7.16. The van der Waals surface area contributed by atoms with Crippen molar-refractivity contribution < 1.29 is 13.2 Å². The molecule has 0 amide bonds. The highest BCUT2D eigenvalue weighted by Crippen LogP contribution is 2.21. The average molecular weight is 304 g/mol. The van der Waals surface area contributed by atoms with E-state index in [1.807, 2.05) is 13.8 Å². The standard InChI is InChI=1S/C10H16F3N3S.ClH/c1-7(2)4-16(6-10(11,12)13)5-8-3-15-9(14)17-8;/h3,7H,4-6H2,1-2H3,(H2,14,15);1H. The third-order valence-corrected chi connectivity index (χ3v) is 2.79. The van der Waals surface area contributed by atoms with Crippen molar-refractivity contribution in [2.75, 3.05) is 18.8 Å². The quantitative estimate of drug-likeness (QED) is 0.908. The van der Waals surface area contributed by atoms with Gasteiger partial charge in [0.1, 0.15) is 0 Å². The first-order valence-electron chi connectivity index (χ1n) is 5.25. The monoisotopic (exact) mass is 303 g/mol. The minimum atomic E-state index is -4.18. The molecule has 0 unspecified atom stereocenters. The summed E-state index contributed by atoms with van der Waals surface area (Å²) < 4.78 is 37.2. The van der Waals surface area contributed by atoms with Crippen LogP contribution in [-0.2, 0) is 6.54 Å². The van der Waals surface area contributed by atoms with Gasteiger partial charge in [-0.25, -0.2) is 4.98 Å². The molecule has 0 atom stereocenters. The van der Waals surface area contributed by atoms with E-state index in [2.05, 4.69) is 4.98 Å². The molecule has 106 valence electrons. The van der Waals surface area contributed by atoms with Crippen LogP contribution in [-0.4, -0.2) is 29.1 Å². The molecule has 0 radical (unpaired) electrons. The molecule has 1 aromatic heterocycles. The third-order valence-electron chi connectivity index (χ3n) is 1.98. The van der Waals surface area contributed by atoms with Gasteiger partial charge in [0.2, 0.25) is 0 Å². The molecule has 0 aromatic carbocycles. The summed E-state index contributed by atoms with van der Waals surface area (Å²) in [4.78, 5) is 5.96. The molecule has 0 bridgehead atoms. The summed E-state index contributed by atoms with van der Waals surface area (Å²) in [7, 11) is 0. The van der Waals surface area contributed by atoms with Crippen LogP contribution in [0.15, 0.2) is 6.20 Å². The normalized spacial score (nSPS) is 11.9. The number of nitrogen functional groups attached to an aromatic ring is 1. The Balaban J connectivity index is 0.00000289. The van der Waals surface area contributed by atoms with Crippen LogP contribution in [0.3, 0.4) is 0 Å². The Kier molecular flexibility index (Phi) is 6.94. The fourth-order valence-electron chi connectivity index (χ4n) is 1.57. The van der Waals surface area contributed by atoms with Gasteiger partial charge in [-0.05, 0) is 5.92 Å². The van der Waals surface area contributed by atoms with Crippen molar-refractivity contribution in [3.8, 4) is 0 Å². The number of alkyl halides is 3. The van der Waals surface area contributed by atoms with Crippen LogP contribution < -0.4 is 5.73 Å². The molecule has 0 saturated carbocycles. The lowest BCUT2D eigenvalue weighted by molar-refractivity contribution is -0.148. The number of hydrogen-bond donors (Lipinski definition) is 1. The molecule has 1 aromatic rings. The van der Waals surface area contributed by atoms with E-state index in [4.69, 9.17) is 5.73 Å². The number of anilines is 1. The summed E-state index contributed by atoms with van der Waals surface area (Å²) in [6.45, 7) is 3.53. The van der Waals surface area contributed by atoms with Crippen molar-refractivity contribution in [1.82, 2.24) is 9.88 Å². The van der Waals surface area contributed by atoms with Gasteiger partial charge in [0.25, 0.3) is 0 Å². The summed E-state index contributed by atoms with van der Waals surface area (Å²) in [5, 5.41) is 0.386. The van der Waals surface area contributed by atoms with Crippen molar-refractivity contribution in [3.05, 3.63) is 11.1 Å². The number of aromatic nitrogens is 1. The van der Waals surface area contributed by atoms with Gasteiger partial charge >= 0.3 is 6.18 Å². The first kappa shape index (κ1) is 17.5. The Morgan fingerprint density at radius 3 is 2.44 bits per heavy atom. The highest BCUT2D eigenvalue weighted by Gasteiger charge is 2.31. The van der Waals surface area contributed by atoms with Crippen LogP contribution in [0.2, 0.25) is 0 Å². The molecular formula is C10H17ClF3N3S. The predicted molar refractivity (Wildman–Crippen MR) is 69.9 cm³/mol. The zero-order chi connectivity index (χ0) is 13.1. The van der Waals surface area contributed by atoms with E-state index in [9.17, 15) is 13.2 Å². The molecule has 2 N–H and O–H groups in total. The number of halogens is 4. The number of thiazole rings is 1. The van der Waals surface area contributed by atoms with Crippen molar-refractivity contribution in [2.45, 2.75) is 26.6 Å². The van der Waals surface area contributed by atoms with Crippen molar-refractivity contribution in [2.24, 2.45) is 5.92 Å². The van der Waals surface area contributed by atoms with Gasteiger partial charge in [0.15, 0.2) is 5.13 Å². The number of hydrogen-bond acceptors (Lipinski definition) is 4. The lowest BCUT2D eigenvalue weighted by Crippen LogP contribution is -2.36. The number of nitrogens with two attached hydrogens (primary N) is 1. The van der Waals surface area contributed by atoms with Crippen LogP contribution in [0, 0.1) is 5.92 Å². The maximum Gasteiger partial charge on any atom is 0.401 e. The molecule has 0 saturated heterocycles. The van der Waals surface area contributed by atoms with E-state index >= 15 is 0 Å².